The lowest BCUT2D eigenvalue weighted by Gasteiger charge is -2.32. The number of unbranched alkanes of at least 4 members (excludes halogenated alkanes) is 2. The minimum absolute atomic E-state index is 0.182. The number of nitrogen functional groups attached to an aromatic ring is 1. The second-order valence-corrected chi connectivity index (χ2v) is 8.18. The summed E-state index contributed by atoms with van der Waals surface area (Å²) in [6.45, 7) is 9.22. The predicted octanol–water partition coefficient (Wildman–Crippen LogP) is 3.17. The Kier molecular flexibility index (Phi) is 7.91. The average molecular weight is 405 g/mol. The van der Waals surface area contributed by atoms with Gasteiger partial charge in [-0.2, -0.15) is 9.97 Å². The van der Waals surface area contributed by atoms with Crippen LogP contribution in [0.1, 0.15) is 65.2 Å². The van der Waals surface area contributed by atoms with Crippen molar-refractivity contribution in [3.63, 3.8) is 0 Å². The van der Waals surface area contributed by atoms with Gasteiger partial charge in [0.05, 0.1) is 6.61 Å². The summed E-state index contributed by atoms with van der Waals surface area (Å²) in [5.74, 6) is 1.04. The van der Waals surface area contributed by atoms with E-state index in [9.17, 15) is 4.79 Å². The van der Waals surface area contributed by atoms with Crippen LogP contribution < -0.4 is 16.2 Å². The van der Waals surface area contributed by atoms with Gasteiger partial charge in [0.15, 0.2) is 11.5 Å². The number of rotatable bonds is 11. The van der Waals surface area contributed by atoms with Gasteiger partial charge in [-0.1, -0.05) is 26.7 Å². The van der Waals surface area contributed by atoms with Crippen molar-refractivity contribution in [2.24, 2.45) is 5.92 Å². The summed E-state index contributed by atoms with van der Waals surface area (Å²) in [4.78, 5) is 26.4. The Bertz CT molecular complexity index is 828. The molecule has 8 heteroatoms. The number of nitrogens with one attached hydrogen (secondary N) is 1. The number of hydrogen-bond donors (Lipinski definition) is 2. The minimum atomic E-state index is -0.182. The Hall–Kier alpha value is -2.09. The lowest BCUT2D eigenvalue weighted by atomic mass is 9.92. The number of aromatic amines is 1. The van der Waals surface area contributed by atoms with E-state index in [2.05, 4.69) is 33.7 Å². The summed E-state index contributed by atoms with van der Waals surface area (Å²) in [6.07, 6.45) is 9.11. The lowest BCUT2D eigenvalue weighted by molar-refractivity contribution is 0.166. The molecule has 3 heterocycles. The van der Waals surface area contributed by atoms with Crippen LogP contribution >= 0.6 is 0 Å². The summed E-state index contributed by atoms with van der Waals surface area (Å²) >= 11 is 0. The standard InChI is InChI=1S/C21H36N6O2/c1-3-5-14-29-20-24-18(22)17-19(25-20)27(21(28)23-17)13-7-6-9-16-10-8-12-26(15-16)11-4-2/h16H,3-15H2,1-2H3,(H,23,28)(H2,22,24,25). The number of fused-ring (bicyclic) bond motifs is 1. The molecule has 2 aromatic heterocycles. The van der Waals surface area contributed by atoms with E-state index in [1.165, 1.54) is 45.3 Å². The van der Waals surface area contributed by atoms with Crippen molar-refractivity contribution in [1.82, 2.24) is 24.4 Å². The predicted molar refractivity (Wildman–Crippen MR) is 116 cm³/mol. The van der Waals surface area contributed by atoms with Crippen LogP contribution in [0.15, 0.2) is 4.79 Å². The average Bonchev–Trinajstić information content (AvgIpc) is 3.02. The van der Waals surface area contributed by atoms with Crippen molar-refractivity contribution < 1.29 is 4.74 Å². The molecule has 1 unspecified atom stereocenters. The van der Waals surface area contributed by atoms with Gasteiger partial charge < -0.3 is 20.4 Å². The largest absolute Gasteiger partial charge is 0.463 e. The molecule has 1 aliphatic rings. The number of imidazole rings is 1. The third-order valence-electron chi connectivity index (χ3n) is 5.75. The van der Waals surface area contributed by atoms with Gasteiger partial charge >= 0.3 is 11.7 Å². The maximum atomic E-state index is 12.4. The molecule has 1 fully saturated rings. The van der Waals surface area contributed by atoms with Crippen LogP contribution in [0.2, 0.25) is 0 Å². The van der Waals surface area contributed by atoms with Crippen LogP contribution in [-0.4, -0.2) is 50.7 Å². The van der Waals surface area contributed by atoms with E-state index < -0.39 is 0 Å². The third-order valence-corrected chi connectivity index (χ3v) is 5.75. The Balaban J connectivity index is 1.58. The van der Waals surface area contributed by atoms with Crippen molar-refractivity contribution in [3.05, 3.63) is 10.5 Å². The molecule has 0 radical (unpaired) electrons. The molecule has 0 aliphatic carbocycles. The smallest absolute Gasteiger partial charge is 0.327 e. The summed E-state index contributed by atoms with van der Waals surface area (Å²) in [6, 6.07) is 0.245. The number of H-pyrrole nitrogens is 1. The number of nitrogens with two attached hydrogens (primary N) is 1. The molecule has 0 saturated carbocycles. The highest BCUT2D eigenvalue weighted by atomic mass is 16.5. The molecule has 0 spiro atoms. The Morgan fingerprint density at radius 2 is 2.03 bits per heavy atom. The fraction of sp³-hybridized carbons (Fsp3) is 0.762. The topological polar surface area (TPSA) is 102 Å². The SMILES string of the molecule is CCCCOc1nc(N)c2[nH]c(=O)n(CCCCC3CCCN(CCC)C3)c2n1. The van der Waals surface area contributed by atoms with Crippen molar-refractivity contribution in [3.8, 4) is 6.01 Å². The molecule has 8 nitrogen and oxygen atoms in total. The van der Waals surface area contributed by atoms with E-state index >= 15 is 0 Å². The van der Waals surface area contributed by atoms with Gasteiger partial charge in [-0.3, -0.25) is 4.57 Å². The van der Waals surface area contributed by atoms with E-state index in [0.29, 0.717) is 24.3 Å². The molecule has 3 N–H and O–H groups in total. The zero-order valence-corrected chi connectivity index (χ0v) is 18.0. The van der Waals surface area contributed by atoms with Gasteiger partial charge in [-0.25, -0.2) is 4.79 Å². The normalized spacial score (nSPS) is 17.8. The van der Waals surface area contributed by atoms with Gasteiger partial charge in [-0.05, 0) is 57.5 Å². The van der Waals surface area contributed by atoms with E-state index in [4.69, 9.17) is 10.5 Å². The maximum Gasteiger partial charge on any atom is 0.327 e. The molecule has 1 atom stereocenters. The van der Waals surface area contributed by atoms with Crippen LogP contribution in [0, 0.1) is 5.92 Å². The number of likely N-dealkylation sites (tertiary alicyclic amines) is 1. The molecule has 0 amide bonds. The Morgan fingerprint density at radius 3 is 2.83 bits per heavy atom. The Labute approximate surface area is 172 Å². The van der Waals surface area contributed by atoms with Crippen LogP contribution in [-0.2, 0) is 6.54 Å². The van der Waals surface area contributed by atoms with Crippen LogP contribution in [0.5, 0.6) is 6.01 Å². The molecule has 162 valence electrons. The van der Waals surface area contributed by atoms with Gasteiger partial charge in [0.1, 0.15) is 5.52 Å². The highest BCUT2D eigenvalue weighted by molar-refractivity contribution is 5.81. The van der Waals surface area contributed by atoms with E-state index in [1.807, 2.05) is 0 Å². The zero-order valence-electron chi connectivity index (χ0n) is 18.0. The molecular weight excluding hydrogens is 368 g/mol. The first-order valence-corrected chi connectivity index (χ1v) is 11.2. The first kappa shape index (κ1) is 21.6. The number of nitrogens with zero attached hydrogens (tertiary/aromatic N) is 4. The molecule has 1 saturated heterocycles. The molecule has 0 bridgehead atoms. The molecular formula is C21H36N6O2. The summed E-state index contributed by atoms with van der Waals surface area (Å²) in [7, 11) is 0. The lowest BCUT2D eigenvalue weighted by Crippen LogP contribution is -2.35. The number of ether oxygens (including phenoxy) is 1. The number of piperidine rings is 1. The number of hydrogen-bond acceptors (Lipinski definition) is 6. The first-order chi connectivity index (χ1) is 14.1. The van der Waals surface area contributed by atoms with Crippen molar-refractivity contribution in [2.45, 2.75) is 71.8 Å². The third kappa shape index (κ3) is 5.72. The maximum absolute atomic E-state index is 12.4. The van der Waals surface area contributed by atoms with Crippen LogP contribution in [0.4, 0.5) is 5.82 Å². The number of aryl methyl sites for hydroxylation is 1. The van der Waals surface area contributed by atoms with E-state index in [-0.39, 0.29) is 17.5 Å². The minimum Gasteiger partial charge on any atom is -0.463 e. The van der Waals surface area contributed by atoms with Crippen LogP contribution in [0.3, 0.4) is 0 Å². The first-order valence-electron chi connectivity index (χ1n) is 11.2. The van der Waals surface area contributed by atoms with Crippen LogP contribution in [0.25, 0.3) is 11.2 Å². The second kappa shape index (κ2) is 10.6. The van der Waals surface area contributed by atoms with Gasteiger partial charge in [0.25, 0.3) is 0 Å². The second-order valence-electron chi connectivity index (χ2n) is 8.18. The van der Waals surface area contributed by atoms with Crippen molar-refractivity contribution >= 4 is 17.0 Å². The summed E-state index contributed by atoms with van der Waals surface area (Å²) in [5.41, 5.74) is 6.87. The van der Waals surface area contributed by atoms with Crippen molar-refractivity contribution in [1.29, 1.82) is 0 Å². The molecule has 3 rings (SSSR count). The van der Waals surface area contributed by atoms with Crippen molar-refractivity contribution in [2.75, 3.05) is 32.0 Å². The van der Waals surface area contributed by atoms with Gasteiger partial charge in [-0.15, -0.1) is 0 Å². The van der Waals surface area contributed by atoms with Gasteiger partial charge in [0.2, 0.25) is 0 Å². The van der Waals surface area contributed by atoms with E-state index in [0.717, 1.165) is 31.6 Å². The monoisotopic (exact) mass is 404 g/mol. The molecule has 2 aromatic rings. The van der Waals surface area contributed by atoms with E-state index in [1.54, 1.807) is 4.57 Å². The molecule has 29 heavy (non-hydrogen) atoms. The highest BCUT2D eigenvalue weighted by Crippen LogP contribution is 2.23. The highest BCUT2D eigenvalue weighted by Gasteiger charge is 2.19. The summed E-state index contributed by atoms with van der Waals surface area (Å²) < 4.78 is 7.27. The zero-order chi connectivity index (χ0) is 20.6. The van der Waals surface area contributed by atoms with Gasteiger partial charge in [0, 0.05) is 13.1 Å². The number of aromatic nitrogens is 4. The Morgan fingerprint density at radius 1 is 1.17 bits per heavy atom. The number of anilines is 1. The fourth-order valence-electron chi connectivity index (χ4n) is 4.22. The molecule has 0 aromatic carbocycles. The fourth-order valence-corrected chi connectivity index (χ4v) is 4.22. The quantitative estimate of drug-likeness (QED) is 0.558. The molecule has 1 aliphatic heterocycles. The summed E-state index contributed by atoms with van der Waals surface area (Å²) in [5, 5.41) is 0.